The summed E-state index contributed by atoms with van der Waals surface area (Å²) in [5.74, 6) is 0. The van der Waals surface area contributed by atoms with E-state index in [1.165, 1.54) is 77.0 Å². The maximum absolute atomic E-state index is 1.87. The molecule has 0 heteroatoms. The zero-order valence-corrected chi connectivity index (χ0v) is 9.49. The van der Waals surface area contributed by atoms with Crippen molar-refractivity contribution in [1.82, 2.24) is 0 Å². The molecule has 0 nitrogen and oxygen atoms in total. The van der Waals surface area contributed by atoms with Crippen LogP contribution < -0.4 is 0 Å². The van der Waals surface area contributed by atoms with Gasteiger partial charge in [-0.05, 0) is 51.4 Å². The van der Waals surface area contributed by atoms with Gasteiger partial charge in [0.05, 0.1) is 0 Å². The summed E-state index contributed by atoms with van der Waals surface area (Å²) in [6.45, 7) is 0. The highest BCUT2D eigenvalue weighted by atomic mass is 14.2. The molecule has 14 heavy (non-hydrogen) atoms. The fourth-order valence-corrected chi connectivity index (χ4v) is 3.02. The van der Waals surface area contributed by atoms with Gasteiger partial charge in [-0.3, -0.25) is 0 Å². The standard InChI is InChI=1S/C14H24/c1-2-4-6-10-14-12-8-7-11-13(14)9-5-3-1/h1-12H2. The van der Waals surface area contributed by atoms with Crippen LogP contribution in [0, 0.1) is 0 Å². The van der Waals surface area contributed by atoms with Gasteiger partial charge >= 0.3 is 0 Å². The van der Waals surface area contributed by atoms with Gasteiger partial charge in [0.1, 0.15) is 0 Å². The number of hydrogen-bond donors (Lipinski definition) is 0. The fraction of sp³-hybridized carbons (Fsp3) is 0.857. The molecule has 0 bridgehead atoms. The van der Waals surface area contributed by atoms with Crippen molar-refractivity contribution in [2.45, 2.75) is 77.0 Å². The van der Waals surface area contributed by atoms with Gasteiger partial charge in [-0.15, -0.1) is 0 Å². The lowest BCUT2D eigenvalue weighted by atomic mass is 9.85. The lowest BCUT2D eigenvalue weighted by Gasteiger charge is -2.21. The molecule has 0 unspecified atom stereocenters. The van der Waals surface area contributed by atoms with Gasteiger partial charge in [-0.1, -0.05) is 36.8 Å². The van der Waals surface area contributed by atoms with Crippen molar-refractivity contribution in [2.75, 3.05) is 0 Å². The number of allylic oxidation sites excluding steroid dienone is 2. The average molecular weight is 192 g/mol. The molecule has 0 spiro atoms. The van der Waals surface area contributed by atoms with Crippen LogP contribution >= 0.6 is 0 Å². The SMILES string of the molecule is C1CCCCC2=C(CCC1)CCCC2. The van der Waals surface area contributed by atoms with Gasteiger partial charge in [0.2, 0.25) is 0 Å². The Balaban J connectivity index is 1.98. The minimum Gasteiger partial charge on any atom is -0.0710 e. The van der Waals surface area contributed by atoms with E-state index >= 15 is 0 Å². The maximum Gasteiger partial charge on any atom is -0.0318 e. The molecule has 2 aliphatic carbocycles. The Morgan fingerprint density at radius 2 is 0.643 bits per heavy atom. The molecule has 0 fully saturated rings. The van der Waals surface area contributed by atoms with Crippen molar-refractivity contribution < 1.29 is 0 Å². The van der Waals surface area contributed by atoms with Gasteiger partial charge in [-0.2, -0.15) is 0 Å². The van der Waals surface area contributed by atoms with Crippen LogP contribution in [0.1, 0.15) is 77.0 Å². The summed E-state index contributed by atoms with van der Waals surface area (Å²) in [6.07, 6.45) is 17.6. The Morgan fingerprint density at radius 1 is 0.357 bits per heavy atom. The van der Waals surface area contributed by atoms with Crippen molar-refractivity contribution in [3.8, 4) is 0 Å². The van der Waals surface area contributed by atoms with Crippen molar-refractivity contribution in [2.24, 2.45) is 0 Å². The second-order valence-electron chi connectivity index (χ2n) is 5.04. The second-order valence-corrected chi connectivity index (χ2v) is 5.04. The lowest BCUT2D eigenvalue weighted by Crippen LogP contribution is -2.01. The van der Waals surface area contributed by atoms with Crippen LogP contribution in [0.3, 0.4) is 0 Å². The van der Waals surface area contributed by atoms with E-state index in [1.807, 2.05) is 11.1 Å². The Bertz CT molecular complexity index is 178. The molecule has 0 atom stereocenters. The molecule has 0 aromatic heterocycles. The first-order valence-electron chi connectivity index (χ1n) is 6.66. The molecule has 0 aliphatic heterocycles. The summed E-state index contributed by atoms with van der Waals surface area (Å²) in [4.78, 5) is 0. The molecule has 0 aromatic carbocycles. The highest BCUT2D eigenvalue weighted by Crippen LogP contribution is 2.32. The Morgan fingerprint density at radius 3 is 1.07 bits per heavy atom. The highest BCUT2D eigenvalue weighted by Gasteiger charge is 2.12. The van der Waals surface area contributed by atoms with E-state index in [0.717, 1.165) is 0 Å². The first kappa shape index (κ1) is 10.3. The molecule has 0 saturated heterocycles. The molecule has 2 rings (SSSR count). The first-order chi connectivity index (χ1) is 6.97. The average Bonchev–Trinajstić information content (AvgIpc) is 2.25. The topological polar surface area (TPSA) is 0 Å². The Labute approximate surface area is 88.8 Å². The van der Waals surface area contributed by atoms with Crippen molar-refractivity contribution in [3.05, 3.63) is 11.1 Å². The fourth-order valence-electron chi connectivity index (χ4n) is 3.02. The smallest absolute Gasteiger partial charge is 0.0318 e. The van der Waals surface area contributed by atoms with E-state index in [0.29, 0.717) is 0 Å². The third-order valence-corrected chi connectivity index (χ3v) is 3.91. The summed E-state index contributed by atoms with van der Waals surface area (Å²) in [6, 6.07) is 0. The number of rotatable bonds is 0. The molecule has 0 heterocycles. The molecule has 0 aromatic rings. The van der Waals surface area contributed by atoms with Crippen LogP contribution in [0.4, 0.5) is 0 Å². The molecule has 0 N–H and O–H groups in total. The minimum atomic E-state index is 1.44. The normalized spacial score (nSPS) is 25.7. The zero-order valence-electron chi connectivity index (χ0n) is 9.49. The lowest BCUT2D eigenvalue weighted by molar-refractivity contribution is 0.539. The molecule has 2 aliphatic rings. The van der Waals surface area contributed by atoms with Crippen LogP contribution in [-0.2, 0) is 0 Å². The van der Waals surface area contributed by atoms with Crippen molar-refractivity contribution in [3.63, 3.8) is 0 Å². The van der Waals surface area contributed by atoms with Gasteiger partial charge in [0.15, 0.2) is 0 Å². The molecular weight excluding hydrogens is 168 g/mol. The molecular formula is C14H24. The highest BCUT2D eigenvalue weighted by molar-refractivity contribution is 5.17. The minimum absolute atomic E-state index is 1.44. The van der Waals surface area contributed by atoms with E-state index in [9.17, 15) is 0 Å². The second kappa shape index (κ2) is 5.58. The Hall–Kier alpha value is -0.260. The first-order valence-corrected chi connectivity index (χ1v) is 6.66. The third-order valence-electron chi connectivity index (χ3n) is 3.91. The summed E-state index contributed by atoms with van der Waals surface area (Å²) >= 11 is 0. The molecule has 0 saturated carbocycles. The van der Waals surface area contributed by atoms with Gasteiger partial charge in [0.25, 0.3) is 0 Å². The van der Waals surface area contributed by atoms with Crippen LogP contribution in [0.25, 0.3) is 0 Å². The van der Waals surface area contributed by atoms with Crippen LogP contribution in [0.15, 0.2) is 11.1 Å². The van der Waals surface area contributed by atoms with E-state index in [1.54, 1.807) is 0 Å². The van der Waals surface area contributed by atoms with Gasteiger partial charge in [-0.25, -0.2) is 0 Å². The van der Waals surface area contributed by atoms with Gasteiger partial charge in [0, 0.05) is 0 Å². The summed E-state index contributed by atoms with van der Waals surface area (Å²) in [5, 5.41) is 0. The van der Waals surface area contributed by atoms with E-state index in [2.05, 4.69) is 0 Å². The van der Waals surface area contributed by atoms with E-state index in [-0.39, 0.29) is 0 Å². The summed E-state index contributed by atoms with van der Waals surface area (Å²) in [5.41, 5.74) is 3.75. The predicted octanol–water partition coefficient (Wildman–Crippen LogP) is 4.99. The van der Waals surface area contributed by atoms with E-state index in [4.69, 9.17) is 0 Å². The van der Waals surface area contributed by atoms with E-state index < -0.39 is 0 Å². The van der Waals surface area contributed by atoms with Crippen LogP contribution in [-0.4, -0.2) is 0 Å². The predicted molar refractivity (Wildman–Crippen MR) is 62.4 cm³/mol. The molecule has 0 radical (unpaired) electrons. The Kier molecular flexibility index (Phi) is 4.09. The summed E-state index contributed by atoms with van der Waals surface area (Å²) < 4.78 is 0. The maximum atomic E-state index is 1.87. The number of hydrogen-bond acceptors (Lipinski definition) is 0. The van der Waals surface area contributed by atoms with Crippen LogP contribution in [0.2, 0.25) is 0 Å². The van der Waals surface area contributed by atoms with Crippen molar-refractivity contribution >= 4 is 0 Å². The largest absolute Gasteiger partial charge is 0.0710 e. The third kappa shape index (κ3) is 2.87. The van der Waals surface area contributed by atoms with Crippen LogP contribution in [0.5, 0.6) is 0 Å². The molecule has 0 amide bonds. The zero-order chi connectivity index (χ0) is 9.64. The summed E-state index contributed by atoms with van der Waals surface area (Å²) in [7, 11) is 0. The molecule has 80 valence electrons. The monoisotopic (exact) mass is 192 g/mol. The quantitative estimate of drug-likeness (QED) is 0.474. The van der Waals surface area contributed by atoms with Gasteiger partial charge < -0.3 is 0 Å². The van der Waals surface area contributed by atoms with Crippen molar-refractivity contribution in [1.29, 1.82) is 0 Å².